The molecule has 0 radical (unpaired) electrons. The number of piperidine rings is 1. The molecule has 166 valence electrons. The molecule has 2 aromatic carbocycles. The van der Waals surface area contributed by atoms with Gasteiger partial charge in [-0.3, -0.25) is 19.0 Å². The smallest absolute Gasteiger partial charge is 0.269 e. The zero-order valence-electron chi connectivity index (χ0n) is 18.7. The van der Waals surface area contributed by atoms with Crippen molar-refractivity contribution in [3.63, 3.8) is 0 Å². The number of hydrogen-bond acceptors (Lipinski definition) is 4. The molecular weight excluding hydrogens is 404 g/mol. The van der Waals surface area contributed by atoms with E-state index in [1.807, 2.05) is 24.0 Å². The van der Waals surface area contributed by atoms with E-state index in [1.165, 1.54) is 10.8 Å². The first kappa shape index (κ1) is 21.7. The molecule has 0 aliphatic carbocycles. The van der Waals surface area contributed by atoms with Gasteiger partial charge in [-0.2, -0.15) is 0 Å². The van der Waals surface area contributed by atoms with Crippen molar-refractivity contribution in [2.24, 2.45) is 11.8 Å². The van der Waals surface area contributed by atoms with Crippen molar-refractivity contribution in [2.75, 3.05) is 18.4 Å². The van der Waals surface area contributed by atoms with E-state index in [0.717, 1.165) is 25.1 Å². The van der Waals surface area contributed by atoms with Crippen molar-refractivity contribution in [3.05, 3.63) is 70.1 Å². The lowest BCUT2D eigenvalue weighted by Crippen LogP contribution is -2.42. The number of amides is 2. The third-order valence-corrected chi connectivity index (χ3v) is 5.97. The van der Waals surface area contributed by atoms with Crippen LogP contribution in [0.25, 0.3) is 11.0 Å². The summed E-state index contributed by atoms with van der Waals surface area (Å²) in [5, 5.41) is 2.88. The summed E-state index contributed by atoms with van der Waals surface area (Å²) in [6, 6.07) is 12.6. The van der Waals surface area contributed by atoms with Crippen LogP contribution in [0.15, 0.2) is 53.5 Å². The monoisotopic (exact) mass is 432 g/mol. The Labute approximate surface area is 187 Å². The summed E-state index contributed by atoms with van der Waals surface area (Å²) in [4.78, 5) is 44.3. The van der Waals surface area contributed by atoms with Crippen LogP contribution in [0.4, 0.5) is 5.69 Å². The number of fused-ring (bicyclic) bond motifs is 1. The van der Waals surface area contributed by atoms with Crippen molar-refractivity contribution >= 4 is 28.5 Å². The molecule has 7 heteroatoms. The molecule has 1 saturated heterocycles. The fourth-order valence-corrected chi connectivity index (χ4v) is 4.51. The molecule has 1 N–H and O–H groups in total. The minimum absolute atomic E-state index is 0.0183. The molecule has 7 nitrogen and oxygen atoms in total. The number of nitrogens with zero attached hydrogens (tertiary/aromatic N) is 3. The van der Waals surface area contributed by atoms with Gasteiger partial charge in [0.1, 0.15) is 6.54 Å². The van der Waals surface area contributed by atoms with Crippen molar-refractivity contribution < 1.29 is 9.59 Å². The van der Waals surface area contributed by atoms with Crippen LogP contribution in [0.2, 0.25) is 0 Å². The largest absolute Gasteiger partial charge is 0.338 e. The van der Waals surface area contributed by atoms with E-state index in [9.17, 15) is 14.4 Å². The number of carbonyl (C=O) groups excluding carboxylic acids is 2. The van der Waals surface area contributed by atoms with Crippen LogP contribution in [-0.2, 0) is 11.3 Å². The minimum atomic E-state index is -0.340. The van der Waals surface area contributed by atoms with E-state index in [1.54, 1.807) is 30.3 Å². The minimum Gasteiger partial charge on any atom is -0.338 e. The molecule has 3 aromatic rings. The lowest BCUT2D eigenvalue weighted by Gasteiger charge is -2.35. The molecule has 2 amide bonds. The van der Waals surface area contributed by atoms with E-state index in [4.69, 9.17) is 0 Å². The topological polar surface area (TPSA) is 84.3 Å². The van der Waals surface area contributed by atoms with Gasteiger partial charge in [-0.25, -0.2) is 4.98 Å². The molecular formula is C25H28N4O3. The summed E-state index contributed by atoms with van der Waals surface area (Å²) in [6.45, 7) is 7.57. The Morgan fingerprint density at radius 1 is 1.09 bits per heavy atom. The second-order valence-corrected chi connectivity index (χ2v) is 8.91. The van der Waals surface area contributed by atoms with Gasteiger partial charge in [0.2, 0.25) is 5.91 Å². The fraction of sp³-hybridized carbons (Fsp3) is 0.360. The van der Waals surface area contributed by atoms with E-state index >= 15 is 0 Å². The maximum Gasteiger partial charge on any atom is 0.269 e. The Morgan fingerprint density at radius 2 is 1.81 bits per heavy atom. The van der Waals surface area contributed by atoms with Crippen LogP contribution in [0.3, 0.4) is 0 Å². The Hall–Kier alpha value is -3.48. The van der Waals surface area contributed by atoms with E-state index in [0.29, 0.717) is 34.1 Å². The van der Waals surface area contributed by atoms with Gasteiger partial charge >= 0.3 is 0 Å². The third-order valence-electron chi connectivity index (χ3n) is 5.97. The highest BCUT2D eigenvalue weighted by atomic mass is 16.2. The standard InChI is InChI=1S/C25H28N4O3/c1-16-10-17(2)14-28(13-16)25(32)19-9-8-18(3)21(11-19)27-23(30)15-29-22-7-5-4-6-20(22)26-12-24(29)31/h4-9,11-12,16-17H,10,13-15H2,1-3H3,(H,27,30). The number of aromatic nitrogens is 2. The molecule has 32 heavy (non-hydrogen) atoms. The number of rotatable bonds is 4. The number of carbonyl (C=O) groups is 2. The number of aryl methyl sites for hydroxylation is 1. The second kappa shape index (κ2) is 8.94. The lowest BCUT2D eigenvalue weighted by atomic mass is 9.91. The van der Waals surface area contributed by atoms with Crippen LogP contribution in [0.1, 0.15) is 36.2 Å². The summed E-state index contributed by atoms with van der Waals surface area (Å²) in [6.07, 6.45) is 2.35. The van der Waals surface area contributed by atoms with Gasteiger partial charge in [-0.1, -0.05) is 32.0 Å². The van der Waals surface area contributed by atoms with Crippen molar-refractivity contribution in [2.45, 2.75) is 33.7 Å². The van der Waals surface area contributed by atoms with Crippen LogP contribution in [0, 0.1) is 18.8 Å². The van der Waals surface area contributed by atoms with Gasteiger partial charge in [0, 0.05) is 24.3 Å². The third kappa shape index (κ3) is 4.56. The van der Waals surface area contributed by atoms with Gasteiger partial charge in [-0.15, -0.1) is 0 Å². The Bertz CT molecular complexity index is 1220. The second-order valence-electron chi connectivity index (χ2n) is 8.91. The molecule has 0 saturated carbocycles. The van der Waals surface area contributed by atoms with Gasteiger partial charge in [0.25, 0.3) is 11.5 Å². The highest BCUT2D eigenvalue weighted by Crippen LogP contribution is 2.24. The molecule has 2 atom stereocenters. The number of nitrogens with one attached hydrogen (secondary N) is 1. The number of benzene rings is 2. The van der Waals surface area contributed by atoms with Crippen molar-refractivity contribution in [1.82, 2.24) is 14.5 Å². The van der Waals surface area contributed by atoms with Crippen molar-refractivity contribution in [1.29, 1.82) is 0 Å². The molecule has 0 bridgehead atoms. The van der Waals surface area contributed by atoms with Crippen LogP contribution < -0.4 is 10.9 Å². The molecule has 1 fully saturated rings. The number of para-hydroxylation sites is 2. The maximum atomic E-state index is 13.1. The first-order chi connectivity index (χ1) is 15.3. The van der Waals surface area contributed by atoms with Crippen LogP contribution in [0.5, 0.6) is 0 Å². The van der Waals surface area contributed by atoms with Gasteiger partial charge in [-0.05, 0) is 55.0 Å². The highest BCUT2D eigenvalue weighted by Gasteiger charge is 2.26. The number of likely N-dealkylation sites (tertiary alicyclic amines) is 1. The zero-order valence-corrected chi connectivity index (χ0v) is 18.7. The normalized spacial score (nSPS) is 18.5. The molecule has 4 rings (SSSR count). The summed E-state index contributed by atoms with van der Waals surface area (Å²) in [7, 11) is 0. The van der Waals surface area contributed by atoms with Crippen molar-refractivity contribution in [3.8, 4) is 0 Å². The molecule has 2 unspecified atom stereocenters. The molecule has 1 aliphatic heterocycles. The van der Waals surface area contributed by atoms with Crippen LogP contribution in [-0.4, -0.2) is 39.4 Å². The van der Waals surface area contributed by atoms with Gasteiger partial charge in [0.05, 0.1) is 17.2 Å². The molecule has 1 aliphatic rings. The molecule has 0 spiro atoms. The Balaban J connectivity index is 1.54. The number of anilines is 1. The highest BCUT2D eigenvalue weighted by molar-refractivity contribution is 5.98. The van der Waals surface area contributed by atoms with Gasteiger partial charge in [0.15, 0.2) is 0 Å². The Morgan fingerprint density at radius 3 is 2.56 bits per heavy atom. The zero-order chi connectivity index (χ0) is 22.8. The van der Waals surface area contributed by atoms with Crippen LogP contribution >= 0.6 is 0 Å². The summed E-state index contributed by atoms with van der Waals surface area (Å²) >= 11 is 0. The summed E-state index contributed by atoms with van der Waals surface area (Å²) in [5.74, 6) is 0.591. The average molecular weight is 433 g/mol. The SMILES string of the molecule is Cc1ccc(C(=O)N2CC(C)CC(C)C2)cc1NC(=O)Cn1c(=O)cnc2ccccc21. The average Bonchev–Trinajstić information content (AvgIpc) is 2.76. The first-order valence-corrected chi connectivity index (χ1v) is 11.0. The van der Waals surface area contributed by atoms with E-state index < -0.39 is 0 Å². The number of hydrogen-bond donors (Lipinski definition) is 1. The summed E-state index contributed by atoms with van der Waals surface area (Å²) in [5.41, 5.74) is 2.89. The fourth-order valence-electron chi connectivity index (χ4n) is 4.51. The summed E-state index contributed by atoms with van der Waals surface area (Å²) < 4.78 is 1.40. The van der Waals surface area contributed by atoms with E-state index in [2.05, 4.69) is 24.1 Å². The lowest BCUT2D eigenvalue weighted by molar-refractivity contribution is -0.116. The first-order valence-electron chi connectivity index (χ1n) is 11.0. The molecule has 1 aromatic heterocycles. The molecule has 2 heterocycles. The van der Waals surface area contributed by atoms with Gasteiger partial charge < -0.3 is 10.2 Å². The predicted octanol–water partition coefficient (Wildman–Crippen LogP) is 3.46. The quantitative estimate of drug-likeness (QED) is 0.684. The predicted molar refractivity (Wildman–Crippen MR) is 125 cm³/mol. The van der Waals surface area contributed by atoms with E-state index in [-0.39, 0.29) is 23.9 Å². The Kier molecular flexibility index (Phi) is 6.08. The maximum absolute atomic E-state index is 13.1.